The summed E-state index contributed by atoms with van der Waals surface area (Å²) in [6.45, 7) is 1.96. The van der Waals surface area contributed by atoms with Gasteiger partial charge in [0.25, 0.3) is 11.1 Å². The maximum atomic E-state index is 11.6. The van der Waals surface area contributed by atoms with Crippen LogP contribution in [0.4, 0.5) is 10.7 Å². The minimum absolute atomic E-state index is 0.239. The molecule has 2 aliphatic rings. The highest BCUT2D eigenvalue weighted by Crippen LogP contribution is 2.26. The highest BCUT2D eigenvalue weighted by molar-refractivity contribution is 8.18. The van der Waals surface area contributed by atoms with Crippen LogP contribution in [-0.4, -0.2) is 45.9 Å². The van der Waals surface area contributed by atoms with Gasteiger partial charge in [-0.2, -0.15) is 0 Å². The molecule has 2 fully saturated rings. The molecule has 8 heteroatoms. The van der Waals surface area contributed by atoms with Crippen LogP contribution >= 0.6 is 11.8 Å². The number of nitrogens with zero attached hydrogens (tertiary/aromatic N) is 3. The minimum Gasteiger partial charge on any atom is -0.396 e. The van der Waals surface area contributed by atoms with Gasteiger partial charge in [-0.25, -0.2) is 9.97 Å². The molecule has 3 rings (SSSR count). The van der Waals surface area contributed by atoms with Crippen molar-refractivity contribution >= 4 is 34.9 Å². The van der Waals surface area contributed by atoms with Gasteiger partial charge in [0.1, 0.15) is 0 Å². The van der Waals surface area contributed by atoms with Crippen LogP contribution in [0.25, 0.3) is 6.08 Å². The molecule has 0 aliphatic carbocycles. The number of hydrogen-bond acceptors (Lipinski definition) is 7. The number of thioether (sulfide) groups is 1. The minimum atomic E-state index is -0.384. The first-order valence-electron chi connectivity index (χ1n) is 7.59. The molecule has 23 heavy (non-hydrogen) atoms. The number of amides is 2. The van der Waals surface area contributed by atoms with Gasteiger partial charge in [-0.3, -0.25) is 14.9 Å². The van der Waals surface area contributed by atoms with Crippen molar-refractivity contribution in [1.29, 1.82) is 0 Å². The molecule has 0 radical (unpaired) electrons. The van der Waals surface area contributed by atoms with Crippen LogP contribution in [0.2, 0.25) is 0 Å². The van der Waals surface area contributed by atoms with E-state index < -0.39 is 0 Å². The van der Waals surface area contributed by atoms with E-state index in [-0.39, 0.29) is 17.8 Å². The lowest BCUT2D eigenvalue weighted by Gasteiger charge is -2.31. The Morgan fingerprint density at radius 2 is 2.17 bits per heavy atom. The number of hydrogen-bond donors (Lipinski definition) is 2. The summed E-state index contributed by atoms with van der Waals surface area (Å²) >= 11 is 0.880. The van der Waals surface area contributed by atoms with E-state index in [1.807, 2.05) is 0 Å². The number of nitrogens with one attached hydrogen (secondary N) is 1. The molecule has 2 N–H and O–H groups in total. The van der Waals surface area contributed by atoms with Crippen LogP contribution < -0.4 is 10.2 Å². The Labute approximate surface area is 138 Å². The Hall–Kier alpha value is -1.93. The van der Waals surface area contributed by atoms with E-state index in [0.29, 0.717) is 22.5 Å². The van der Waals surface area contributed by atoms with Gasteiger partial charge in [-0.05, 0) is 49.1 Å². The number of rotatable bonds is 4. The topological polar surface area (TPSA) is 95.4 Å². The van der Waals surface area contributed by atoms with E-state index in [4.69, 9.17) is 5.11 Å². The molecule has 1 aromatic heterocycles. The van der Waals surface area contributed by atoms with E-state index in [2.05, 4.69) is 20.2 Å². The van der Waals surface area contributed by atoms with E-state index in [0.717, 1.165) is 44.1 Å². The molecule has 0 unspecified atom stereocenters. The van der Waals surface area contributed by atoms with Crippen LogP contribution in [-0.2, 0) is 4.79 Å². The molecule has 0 bridgehead atoms. The maximum Gasteiger partial charge on any atom is 0.290 e. The molecule has 0 saturated carbocycles. The molecule has 1 aromatic rings. The second kappa shape index (κ2) is 7.10. The summed E-state index contributed by atoms with van der Waals surface area (Å²) in [7, 11) is 0. The number of aliphatic hydroxyl groups excluding tert-OH is 1. The number of carbonyl (C=O) groups excluding carboxylic acids is 2. The van der Waals surface area contributed by atoms with Crippen molar-refractivity contribution in [3.05, 3.63) is 22.9 Å². The first-order valence-corrected chi connectivity index (χ1v) is 8.41. The van der Waals surface area contributed by atoms with Crippen LogP contribution in [0, 0.1) is 5.92 Å². The second-order valence-electron chi connectivity index (χ2n) is 5.58. The lowest BCUT2D eigenvalue weighted by atomic mass is 9.94. The molecule has 2 aliphatic heterocycles. The molecule has 2 saturated heterocycles. The van der Waals surface area contributed by atoms with Crippen molar-refractivity contribution < 1.29 is 14.7 Å². The van der Waals surface area contributed by atoms with Gasteiger partial charge in [0.05, 0.1) is 10.6 Å². The first kappa shape index (κ1) is 15.9. The fraction of sp³-hybridized carbons (Fsp3) is 0.467. The van der Waals surface area contributed by atoms with E-state index in [9.17, 15) is 9.59 Å². The average Bonchev–Trinajstić information content (AvgIpc) is 2.86. The number of aliphatic hydroxyl groups is 1. The number of aromatic nitrogens is 2. The molecule has 0 aromatic carbocycles. The van der Waals surface area contributed by atoms with Gasteiger partial charge in [0.2, 0.25) is 5.95 Å². The normalized spacial score (nSPS) is 21.1. The zero-order chi connectivity index (χ0) is 16.2. The van der Waals surface area contributed by atoms with Crippen LogP contribution in [0.1, 0.15) is 25.0 Å². The fourth-order valence-electron chi connectivity index (χ4n) is 2.75. The van der Waals surface area contributed by atoms with Crippen molar-refractivity contribution in [3.63, 3.8) is 0 Å². The predicted molar refractivity (Wildman–Crippen MR) is 87.8 cm³/mol. The van der Waals surface area contributed by atoms with Crippen molar-refractivity contribution in [2.75, 3.05) is 24.6 Å². The third kappa shape index (κ3) is 3.89. The summed E-state index contributed by atoms with van der Waals surface area (Å²) in [5, 5.41) is 10.9. The summed E-state index contributed by atoms with van der Waals surface area (Å²) in [6, 6.07) is 1.71. The summed E-state index contributed by atoms with van der Waals surface area (Å²) in [5.74, 6) is 0.813. The SMILES string of the molecule is O=C1NC(=O)/C(=C/c2ccnc(N3CCC(CCO)CC3)n2)S1. The third-order valence-corrected chi connectivity index (χ3v) is 4.83. The summed E-state index contributed by atoms with van der Waals surface area (Å²) in [4.78, 5) is 34.0. The van der Waals surface area contributed by atoms with Gasteiger partial charge in [0.15, 0.2) is 0 Å². The zero-order valence-electron chi connectivity index (χ0n) is 12.6. The van der Waals surface area contributed by atoms with Gasteiger partial charge in [0, 0.05) is 25.9 Å². The number of imide groups is 1. The van der Waals surface area contributed by atoms with Crippen LogP contribution in [0.15, 0.2) is 17.2 Å². The number of anilines is 1. The largest absolute Gasteiger partial charge is 0.396 e. The van der Waals surface area contributed by atoms with Crippen molar-refractivity contribution in [2.24, 2.45) is 5.92 Å². The van der Waals surface area contributed by atoms with Gasteiger partial charge in [-0.15, -0.1) is 0 Å². The van der Waals surface area contributed by atoms with Crippen molar-refractivity contribution in [1.82, 2.24) is 15.3 Å². The van der Waals surface area contributed by atoms with E-state index >= 15 is 0 Å². The summed E-state index contributed by atoms with van der Waals surface area (Å²) in [5.41, 5.74) is 0.611. The molecule has 0 spiro atoms. The molecule has 3 heterocycles. The Balaban J connectivity index is 1.70. The number of piperidine rings is 1. The Morgan fingerprint density at radius 3 is 2.83 bits per heavy atom. The summed E-state index contributed by atoms with van der Waals surface area (Å²) in [6.07, 6.45) is 6.15. The van der Waals surface area contributed by atoms with Gasteiger partial charge in [-0.1, -0.05) is 0 Å². The molecule has 122 valence electrons. The lowest BCUT2D eigenvalue weighted by molar-refractivity contribution is -0.115. The lowest BCUT2D eigenvalue weighted by Crippen LogP contribution is -2.35. The smallest absolute Gasteiger partial charge is 0.290 e. The highest BCUT2D eigenvalue weighted by Gasteiger charge is 2.25. The monoisotopic (exact) mass is 334 g/mol. The van der Waals surface area contributed by atoms with Crippen LogP contribution in [0.5, 0.6) is 0 Å². The standard InChI is InChI=1S/C15H18N4O3S/c20-8-4-10-2-6-19(7-3-10)14-16-5-1-11(17-14)9-12-13(21)18-15(22)23-12/h1,5,9-10,20H,2-4,6-8H2,(H,18,21,22)/b12-9-. The quantitative estimate of drug-likeness (QED) is 0.804. The number of carbonyl (C=O) groups is 2. The van der Waals surface area contributed by atoms with Crippen molar-refractivity contribution in [2.45, 2.75) is 19.3 Å². The first-order chi connectivity index (χ1) is 11.2. The van der Waals surface area contributed by atoms with E-state index in [1.165, 1.54) is 0 Å². The van der Waals surface area contributed by atoms with Gasteiger partial charge < -0.3 is 10.0 Å². The third-order valence-electron chi connectivity index (χ3n) is 4.02. The molecule has 7 nitrogen and oxygen atoms in total. The maximum absolute atomic E-state index is 11.6. The molecule has 0 atom stereocenters. The average molecular weight is 334 g/mol. The van der Waals surface area contributed by atoms with Gasteiger partial charge >= 0.3 is 0 Å². The van der Waals surface area contributed by atoms with Crippen molar-refractivity contribution in [3.8, 4) is 0 Å². The fourth-order valence-corrected chi connectivity index (χ4v) is 3.42. The van der Waals surface area contributed by atoms with Crippen LogP contribution in [0.3, 0.4) is 0 Å². The summed E-state index contributed by atoms with van der Waals surface area (Å²) < 4.78 is 0. The second-order valence-corrected chi connectivity index (χ2v) is 6.59. The molecular weight excluding hydrogens is 316 g/mol. The Bertz CT molecular complexity index is 641. The zero-order valence-corrected chi connectivity index (χ0v) is 13.4. The Morgan fingerprint density at radius 1 is 1.39 bits per heavy atom. The Kier molecular flexibility index (Phi) is 4.92. The predicted octanol–water partition coefficient (Wildman–Crippen LogP) is 1.40. The highest BCUT2D eigenvalue weighted by atomic mass is 32.2. The molecular formula is C15H18N4O3S. The van der Waals surface area contributed by atoms with E-state index in [1.54, 1.807) is 18.3 Å². The molecule has 2 amide bonds.